The van der Waals surface area contributed by atoms with Crippen molar-refractivity contribution in [1.82, 2.24) is 14.8 Å². The molecular formula is C31H36F3N3O4S2. The van der Waals surface area contributed by atoms with Crippen molar-refractivity contribution in [2.24, 2.45) is 0 Å². The highest BCUT2D eigenvalue weighted by Crippen LogP contribution is 2.36. The minimum atomic E-state index is -4.40. The maximum absolute atomic E-state index is 13.1. The largest absolute Gasteiger partial charge is 0.479 e. The maximum Gasteiger partial charge on any atom is 0.416 e. The number of carbonyl (C=O) groups excluding carboxylic acids is 1. The van der Waals surface area contributed by atoms with Gasteiger partial charge in [0.2, 0.25) is 5.91 Å². The number of carboxylic acid groups (broad SMARTS) is 1. The summed E-state index contributed by atoms with van der Waals surface area (Å²) in [5.74, 6) is 0.272. The number of nitrogens with zero attached hydrogens (tertiary/aromatic N) is 3. The van der Waals surface area contributed by atoms with Gasteiger partial charge in [-0.05, 0) is 56.2 Å². The number of aromatic nitrogens is 1. The van der Waals surface area contributed by atoms with E-state index in [1.807, 2.05) is 24.0 Å². The molecule has 1 aliphatic rings. The molecule has 43 heavy (non-hydrogen) atoms. The van der Waals surface area contributed by atoms with Crippen LogP contribution in [-0.4, -0.2) is 64.0 Å². The summed E-state index contributed by atoms with van der Waals surface area (Å²) in [6, 6.07) is 10.7. The zero-order valence-electron chi connectivity index (χ0n) is 24.4. The van der Waals surface area contributed by atoms with Gasteiger partial charge in [-0.2, -0.15) is 13.2 Å². The lowest BCUT2D eigenvalue weighted by Crippen LogP contribution is -2.48. The molecule has 1 amide bonds. The van der Waals surface area contributed by atoms with Crippen LogP contribution in [0.4, 0.5) is 13.2 Å². The molecule has 3 aromatic rings. The lowest BCUT2D eigenvalue weighted by Gasteiger charge is -2.34. The third-order valence-electron chi connectivity index (χ3n) is 7.25. The second kappa shape index (κ2) is 14.6. The summed E-state index contributed by atoms with van der Waals surface area (Å²) in [5.41, 5.74) is 1.63. The predicted molar refractivity (Wildman–Crippen MR) is 162 cm³/mol. The topological polar surface area (TPSA) is 83.0 Å². The smallest absolute Gasteiger partial charge is 0.416 e. The van der Waals surface area contributed by atoms with Crippen molar-refractivity contribution in [2.75, 3.05) is 26.2 Å². The van der Waals surface area contributed by atoms with Crippen molar-refractivity contribution in [3.8, 4) is 16.3 Å². The predicted octanol–water partition coefficient (Wildman–Crippen LogP) is 7.12. The van der Waals surface area contributed by atoms with Gasteiger partial charge in [0.05, 0.1) is 11.3 Å². The summed E-state index contributed by atoms with van der Waals surface area (Å²) in [7, 11) is 0. The summed E-state index contributed by atoms with van der Waals surface area (Å²) in [6.07, 6.45) is -2.91. The number of amides is 1. The number of benzene rings is 2. The molecule has 4 rings (SSSR count). The normalized spacial score (nSPS) is 15.0. The average molecular weight is 636 g/mol. The van der Waals surface area contributed by atoms with E-state index in [2.05, 4.69) is 11.8 Å². The van der Waals surface area contributed by atoms with E-state index < -0.39 is 23.8 Å². The van der Waals surface area contributed by atoms with Gasteiger partial charge in [0.25, 0.3) is 0 Å². The van der Waals surface area contributed by atoms with E-state index in [1.165, 1.54) is 30.4 Å². The lowest BCUT2D eigenvalue weighted by atomic mass is 10.1. The van der Waals surface area contributed by atoms with Gasteiger partial charge in [-0.15, -0.1) is 23.1 Å². The number of ether oxygens (including phenoxy) is 1. The Hall–Kier alpha value is -3.09. The number of hydrogen-bond donors (Lipinski definition) is 1. The Morgan fingerprint density at radius 1 is 1.12 bits per heavy atom. The SMILES string of the molecule is CCCCC(=O)N1CCN(Cc2nc(-c3ccc(C(F)(F)F)cc3)sc2CSc2ccc(OC(C)C(=O)O)c(C)c2)CC1. The van der Waals surface area contributed by atoms with Crippen LogP contribution < -0.4 is 4.74 Å². The van der Waals surface area contributed by atoms with E-state index in [4.69, 9.17) is 14.8 Å². The number of carboxylic acids is 1. The quantitative estimate of drug-likeness (QED) is 0.212. The van der Waals surface area contributed by atoms with Crippen LogP contribution in [0.2, 0.25) is 0 Å². The van der Waals surface area contributed by atoms with Crippen LogP contribution in [0, 0.1) is 6.92 Å². The zero-order chi connectivity index (χ0) is 31.1. The number of halogens is 3. The Morgan fingerprint density at radius 3 is 2.42 bits per heavy atom. The van der Waals surface area contributed by atoms with Crippen molar-refractivity contribution in [1.29, 1.82) is 0 Å². The first kappa shape index (κ1) is 32.8. The van der Waals surface area contributed by atoms with Crippen molar-refractivity contribution in [3.05, 3.63) is 64.2 Å². The minimum absolute atomic E-state index is 0.195. The van der Waals surface area contributed by atoms with Crippen LogP contribution in [0.5, 0.6) is 5.75 Å². The fourth-order valence-electron chi connectivity index (χ4n) is 4.63. The number of aryl methyl sites for hydroxylation is 1. The van der Waals surface area contributed by atoms with E-state index in [0.29, 0.717) is 48.1 Å². The highest BCUT2D eigenvalue weighted by atomic mass is 32.2. The summed E-state index contributed by atoms with van der Waals surface area (Å²) in [4.78, 5) is 34.7. The summed E-state index contributed by atoms with van der Waals surface area (Å²) >= 11 is 3.08. The van der Waals surface area contributed by atoms with Gasteiger partial charge in [0.15, 0.2) is 6.10 Å². The molecule has 0 spiro atoms. The first-order chi connectivity index (χ1) is 20.4. The molecule has 1 N–H and O–H groups in total. The molecule has 1 aliphatic heterocycles. The first-order valence-electron chi connectivity index (χ1n) is 14.2. The van der Waals surface area contributed by atoms with Gasteiger partial charge >= 0.3 is 12.1 Å². The maximum atomic E-state index is 13.1. The van der Waals surface area contributed by atoms with Crippen LogP contribution in [0.25, 0.3) is 10.6 Å². The van der Waals surface area contributed by atoms with Gasteiger partial charge in [-0.3, -0.25) is 9.69 Å². The van der Waals surface area contributed by atoms with E-state index >= 15 is 0 Å². The molecule has 0 radical (unpaired) electrons. The average Bonchev–Trinajstić information content (AvgIpc) is 3.38. The third kappa shape index (κ3) is 8.96. The molecule has 2 heterocycles. The van der Waals surface area contributed by atoms with E-state index in [1.54, 1.807) is 17.8 Å². The number of carbonyl (C=O) groups is 2. The van der Waals surface area contributed by atoms with Crippen molar-refractivity contribution >= 4 is 35.0 Å². The Morgan fingerprint density at radius 2 is 1.81 bits per heavy atom. The van der Waals surface area contributed by atoms with E-state index in [0.717, 1.165) is 59.1 Å². The van der Waals surface area contributed by atoms with Gasteiger partial charge in [0, 0.05) is 60.2 Å². The van der Waals surface area contributed by atoms with E-state index in [-0.39, 0.29) is 5.91 Å². The molecule has 1 atom stereocenters. The summed E-state index contributed by atoms with van der Waals surface area (Å²) in [5, 5.41) is 9.80. The second-order valence-corrected chi connectivity index (χ2v) is 12.7. The Labute approximate surface area is 258 Å². The van der Waals surface area contributed by atoms with Crippen LogP contribution in [0.3, 0.4) is 0 Å². The minimum Gasteiger partial charge on any atom is -0.479 e. The molecule has 7 nitrogen and oxygen atoms in total. The Kier molecular flexibility index (Phi) is 11.1. The number of piperazine rings is 1. The second-order valence-electron chi connectivity index (χ2n) is 10.5. The molecule has 0 aliphatic carbocycles. The Bertz CT molecular complexity index is 1400. The van der Waals surface area contributed by atoms with Crippen LogP contribution in [0.15, 0.2) is 47.4 Å². The summed E-state index contributed by atoms with van der Waals surface area (Å²) < 4.78 is 44.9. The number of thioether (sulfide) groups is 1. The molecule has 1 fully saturated rings. The number of hydrogen-bond acceptors (Lipinski definition) is 7. The van der Waals surface area contributed by atoms with Crippen LogP contribution in [-0.2, 0) is 28.1 Å². The molecule has 232 valence electrons. The number of aliphatic carboxylic acids is 1. The van der Waals surface area contributed by atoms with Gasteiger partial charge < -0.3 is 14.7 Å². The van der Waals surface area contributed by atoms with Crippen molar-refractivity contribution in [2.45, 2.75) is 69.5 Å². The molecule has 1 aromatic heterocycles. The number of thiazole rings is 1. The van der Waals surface area contributed by atoms with Crippen molar-refractivity contribution in [3.63, 3.8) is 0 Å². The van der Waals surface area contributed by atoms with Crippen molar-refractivity contribution < 1.29 is 32.6 Å². The third-order valence-corrected chi connectivity index (χ3v) is 9.60. The lowest BCUT2D eigenvalue weighted by molar-refractivity contribution is -0.144. The fourth-order valence-corrected chi connectivity index (χ4v) is 6.80. The number of unbranched alkanes of at least 4 members (excludes halogenated alkanes) is 1. The number of alkyl halides is 3. The fraction of sp³-hybridized carbons (Fsp3) is 0.452. The monoisotopic (exact) mass is 635 g/mol. The zero-order valence-corrected chi connectivity index (χ0v) is 26.1. The molecule has 1 unspecified atom stereocenters. The summed E-state index contributed by atoms with van der Waals surface area (Å²) in [6.45, 7) is 8.79. The molecule has 0 bridgehead atoms. The standard InChI is InChI=1S/C31H36F3N3O4S2/c1-4-5-6-28(38)37-15-13-36(14-16-37)18-25-27(43-29(35-25)22-7-9-23(10-8-22)31(32,33)34)19-42-24-11-12-26(20(2)17-24)41-21(3)30(39)40/h7-12,17,21H,4-6,13-16,18-19H2,1-3H3,(H,39,40). The molecular weight excluding hydrogens is 599 g/mol. The van der Waals surface area contributed by atoms with Gasteiger partial charge in [-0.25, -0.2) is 9.78 Å². The number of rotatable bonds is 12. The van der Waals surface area contributed by atoms with Gasteiger partial charge in [-0.1, -0.05) is 25.5 Å². The highest BCUT2D eigenvalue weighted by molar-refractivity contribution is 7.98. The van der Waals surface area contributed by atoms with E-state index in [9.17, 15) is 22.8 Å². The molecule has 12 heteroatoms. The highest BCUT2D eigenvalue weighted by Gasteiger charge is 2.30. The van der Waals surface area contributed by atoms with Crippen LogP contribution >= 0.6 is 23.1 Å². The molecule has 1 saturated heterocycles. The van der Waals surface area contributed by atoms with Crippen LogP contribution in [0.1, 0.15) is 54.8 Å². The van der Waals surface area contributed by atoms with Gasteiger partial charge in [0.1, 0.15) is 10.8 Å². The Balaban J connectivity index is 1.50. The first-order valence-corrected chi connectivity index (χ1v) is 16.0. The molecule has 0 saturated carbocycles. The molecule has 2 aromatic carbocycles.